The second-order valence-corrected chi connectivity index (χ2v) is 10.5. The lowest BCUT2D eigenvalue weighted by molar-refractivity contribution is -0.727. The minimum absolute atomic E-state index is 0.624. The van der Waals surface area contributed by atoms with Gasteiger partial charge >= 0.3 is 0 Å². The van der Waals surface area contributed by atoms with Gasteiger partial charge in [-0.3, -0.25) is 0 Å². The largest absolute Gasteiger partial charge is 0.257 e. The Morgan fingerprint density at radius 3 is 1.50 bits per heavy atom. The third-order valence-electron chi connectivity index (χ3n) is 7.39. The Morgan fingerprint density at radius 1 is 0.594 bits per heavy atom. The molecule has 1 heterocycles. The molecule has 0 saturated heterocycles. The molecule has 0 spiro atoms. The highest BCUT2D eigenvalue weighted by atomic mass is 15.1. The van der Waals surface area contributed by atoms with Gasteiger partial charge in [0.1, 0.15) is 12.4 Å². The van der Waals surface area contributed by atoms with Crippen molar-refractivity contribution in [2.75, 3.05) is 0 Å². The third-order valence-corrected chi connectivity index (χ3v) is 7.39. The molecule has 0 amide bonds. The number of hydrogen-bond donors (Lipinski definition) is 1. The fourth-order valence-electron chi connectivity index (χ4n) is 5.19. The lowest BCUT2D eigenvalue weighted by atomic mass is 9.93. The van der Waals surface area contributed by atoms with E-state index in [1.54, 1.807) is 0 Å². The van der Waals surface area contributed by atoms with Gasteiger partial charge in [-0.25, -0.2) is 9.55 Å². The molecule has 0 aliphatic rings. The Balaban J connectivity index is 2.44. The van der Waals surface area contributed by atoms with Gasteiger partial charge in [-0.2, -0.15) is 0 Å². The summed E-state index contributed by atoms with van der Waals surface area (Å²) in [6.45, 7) is 9.38. The van der Waals surface area contributed by atoms with Crippen molar-refractivity contribution in [1.29, 1.82) is 0 Å². The Morgan fingerprint density at radius 2 is 1.00 bits per heavy atom. The van der Waals surface area contributed by atoms with Crippen LogP contribution < -0.4 is 4.57 Å². The average Bonchev–Trinajstić information content (AvgIpc) is 3.29. The SMILES string of the molecule is CCCCCCCCCCCC(C)[n+]1cc[nH]c1C(CCCCCC)CCCCCCC. The molecule has 188 valence electrons. The van der Waals surface area contributed by atoms with Crippen LogP contribution in [0.4, 0.5) is 0 Å². The Bertz CT molecular complexity index is 507. The van der Waals surface area contributed by atoms with Gasteiger partial charge in [-0.15, -0.1) is 0 Å². The topological polar surface area (TPSA) is 19.7 Å². The van der Waals surface area contributed by atoms with Crippen molar-refractivity contribution < 1.29 is 4.57 Å². The molecule has 0 aliphatic carbocycles. The van der Waals surface area contributed by atoms with E-state index in [0.29, 0.717) is 12.0 Å². The number of hydrogen-bond acceptors (Lipinski definition) is 0. The molecule has 1 aromatic rings. The molecule has 0 radical (unpaired) electrons. The van der Waals surface area contributed by atoms with Crippen LogP contribution in [-0.4, -0.2) is 4.98 Å². The molecule has 1 rings (SSSR count). The predicted octanol–water partition coefficient (Wildman–Crippen LogP) is 10.2. The molecular weight excluding hydrogens is 388 g/mol. The molecule has 0 fully saturated rings. The molecule has 2 unspecified atom stereocenters. The third kappa shape index (κ3) is 13.7. The zero-order chi connectivity index (χ0) is 23.3. The molecule has 0 aromatic carbocycles. The van der Waals surface area contributed by atoms with Crippen molar-refractivity contribution in [1.82, 2.24) is 4.98 Å². The highest BCUT2D eigenvalue weighted by molar-refractivity contribution is 4.90. The first-order valence-electron chi connectivity index (χ1n) is 14.8. The van der Waals surface area contributed by atoms with E-state index in [2.05, 4.69) is 49.6 Å². The number of aromatic nitrogens is 2. The molecule has 2 heteroatoms. The molecule has 1 aromatic heterocycles. The second-order valence-electron chi connectivity index (χ2n) is 10.5. The molecule has 2 atom stereocenters. The summed E-state index contributed by atoms with van der Waals surface area (Å²) in [6, 6.07) is 0.624. The standard InChI is InChI=1S/C30H58N2/c1-5-8-11-14-15-16-17-19-20-23-28(4)32-27-26-31-30(32)29(24-21-13-10-7-3)25-22-18-12-9-6-2/h26-29H,5-25H2,1-4H3/p+1. The van der Waals surface area contributed by atoms with Crippen LogP contribution in [0.1, 0.15) is 180 Å². The summed E-state index contributed by atoms with van der Waals surface area (Å²) in [4.78, 5) is 3.68. The van der Waals surface area contributed by atoms with Crippen LogP contribution in [0.5, 0.6) is 0 Å². The number of nitrogens with zero attached hydrogens (tertiary/aromatic N) is 1. The highest BCUT2D eigenvalue weighted by Crippen LogP contribution is 2.27. The lowest BCUT2D eigenvalue weighted by Gasteiger charge is -2.17. The Kier molecular flexibility index (Phi) is 19.0. The van der Waals surface area contributed by atoms with Gasteiger partial charge in [-0.05, 0) is 32.6 Å². The van der Waals surface area contributed by atoms with E-state index >= 15 is 0 Å². The first-order valence-corrected chi connectivity index (χ1v) is 14.8. The van der Waals surface area contributed by atoms with Gasteiger partial charge in [0.05, 0.1) is 12.0 Å². The van der Waals surface area contributed by atoms with E-state index in [1.165, 1.54) is 141 Å². The first-order chi connectivity index (χ1) is 15.7. The van der Waals surface area contributed by atoms with Crippen molar-refractivity contribution >= 4 is 0 Å². The zero-order valence-corrected chi connectivity index (χ0v) is 22.6. The van der Waals surface area contributed by atoms with Crippen LogP contribution in [0.2, 0.25) is 0 Å². The number of aromatic amines is 1. The second kappa shape index (κ2) is 20.8. The number of H-pyrrole nitrogens is 1. The van der Waals surface area contributed by atoms with E-state index in [0.717, 1.165) is 0 Å². The maximum atomic E-state index is 3.68. The van der Waals surface area contributed by atoms with E-state index < -0.39 is 0 Å². The van der Waals surface area contributed by atoms with Crippen LogP contribution in [0.15, 0.2) is 12.4 Å². The van der Waals surface area contributed by atoms with Crippen molar-refractivity contribution in [3.63, 3.8) is 0 Å². The van der Waals surface area contributed by atoms with Gasteiger partial charge in [-0.1, -0.05) is 130 Å². The van der Waals surface area contributed by atoms with Gasteiger partial charge < -0.3 is 0 Å². The van der Waals surface area contributed by atoms with Gasteiger partial charge in [0.2, 0.25) is 0 Å². The average molecular weight is 448 g/mol. The molecule has 1 N–H and O–H groups in total. The van der Waals surface area contributed by atoms with E-state index in [9.17, 15) is 0 Å². The van der Waals surface area contributed by atoms with Crippen LogP contribution in [-0.2, 0) is 0 Å². The minimum Gasteiger partial charge on any atom is -0.247 e. The predicted molar refractivity (Wildman–Crippen MR) is 142 cm³/mol. The maximum absolute atomic E-state index is 3.68. The van der Waals surface area contributed by atoms with Crippen LogP contribution in [0.3, 0.4) is 0 Å². The molecule has 32 heavy (non-hydrogen) atoms. The Hall–Kier alpha value is -0.790. The lowest BCUT2D eigenvalue weighted by Crippen LogP contribution is -2.41. The van der Waals surface area contributed by atoms with Crippen LogP contribution in [0, 0.1) is 0 Å². The number of unbranched alkanes of at least 4 members (excludes halogenated alkanes) is 15. The van der Waals surface area contributed by atoms with E-state index in [4.69, 9.17) is 0 Å². The quantitative estimate of drug-likeness (QED) is 0.127. The fourth-order valence-corrected chi connectivity index (χ4v) is 5.19. The summed E-state index contributed by atoms with van der Waals surface area (Å²) in [6.07, 6.45) is 33.8. The molecular formula is C30H59N2+. The molecule has 2 nitrogen and oxygen atoms in total. The molecule has 0 aliphatic heterocycles. The van der Waals surface area contributed by atoms with Gasteiger partial charge in [0.25, 0.3) is 5.82 Å². The smallest absolute Gasteiger partial charge is 0.247 e. The number of nitrogens with one attached hydrogen (secondary N) is 1. The molecule has 0 saturated carbocycles. The summed E-state index contributed by atoms with van der Waals surface area (Å²) < 4.78 is 2.60. The number of rotatable bonds is 23. The number of imidazole rings is 1. The zero-order valence-electron chi connectivity index (χ0n) is 22.6. The van der Waals surface area contributed by atoms with Crippen molar-refractivity contribution in [3.8, 4) is 0 Å². The normalized spacial score (nSPS) is 13.5. The van der Waals surface area contributed by atoms with E-state index in [-0.39, 0.29) is 0 Å². The summed E-state index contributed by atoms with van der Waals surface area (Å²) in [5.74, 6) is 2.23. The maximum Gasteiger partial charge on any atom is 0.257 e. The summed E-state index contributed by atoms with van der Waals surface area (Å²) in [5, 5.41) is 0. The Labute approximate surface area is 202 Å². The van der Waals surface area contributed by atoms with Crippen LogP contribution in [0.25, 0.3) is 0 Å². The monoisotopic (exact) mass is 447 g/mol. The van der Waals surface area contributed by atoms with Crippen LogP contribution >= 0.6 is 0 Å². The summed E-state index contributed by atoms with van der Waals surface area (Å²) in [5.41, 5.74) is 0. The van der Waals surface area contributed by atoms with Crippen molar-refractivity contribution in [2.24, 2.45) is 0 Å². The minimum atomic E-state index is 0.624. The fraction of sp³-hybridized carbons (Fsp3) is 0.900. The van der Waals surface area contributed by atoms with Crippen molar-refractivity contribution in [2.45, 2.75) is 174 Å². The first kappa shape index (κ1) is 29.2. The van der Waals surface area contributed by atoms with Gasteiger partial charge in [0.15, 0.2) is 0 Å². The molecule has 0 bridgehead atoms. The van der Waals surface area contributed by atoms with E-state index in [1.807, 2.05) is 0 Å². The summed E-state index contributed by atoms with van der Waals surface area (Å²) in [7, 11) is 0. The van der Waals surface area contributed by atoms with Crippen molar-refractivity contribution in [3.05, 3.63) is 18.2 Å². The highest BCUT2D eigenvalue weighted by Gasteiger charge is 2.25. The van der Waals surface area contributed by atoms with Gasteiger partial charge in [0, 0.05) is 0 Å². The summed E-state index contributed by atoms with van der Waals surface area (Å²) >= 11 is 0.